The molecule has 0 aromatic carbocycles. The predicted octanol–water partition coefficient (Wildman–Crippen LogP) is -10.9. The van der Waals surface area contributed by atoms with Crippen LogP contribution in [-0.2, 0) is 0 Å². The van der Waals surface area contributed by atoms with Gasteiger partial charge < -0.3 is 38.3 Å². The number of hydrogen-bond acceptors (Lipinski definition) is 0. The van der Waals surface area contributed by atoms with E-state index in [0.29, 0.717) is 0 Å². The minimum atomic E-state index is 0. The van der Waals surface area contributed by atoms with E-state index in [2.05, 4.69) is 0 Å². The molecule has 0 spiro atoms. The van der Waals surface area contributed by atoms with Crippen molar-refractivity contribution in [1.82, 2.24) is 0 Å². The van der Waals surface area contributed by atoms with Crippen LogP contribution in [-0.4, -0.2) is 161 Å². The van der Waals surface area contributed by atoms with Crippen LogP contribution in [0, 0.1) is 0 Å². The Labute approximate surface area is 158 Å². The molecule has 0 amide bonds. The van der Waals surface area contributed by atoms with E-state index in [1.807, 2.05) is 0 Å². The SMILES string of the molecule is O.O.O.O.O.O.O.[InH3].[InH3].[MgH2].[SnH2].[SnH2]. The average molecular weight is 630 g/mol. The normalized spacial score (nSPS) is 0. The van der Waals surface area contributed by atoms with Crippen molar-refractivity contribution in [2.24, 2.45) is 0 Å². The molecule has 0 atom stereocenters. The van der Waals surface area contributed by atoms with Gasteiger partial charge in [0.05, 0.1) is 0 Å². The zero-order valence-corrected chi connectivity index (χ0v) is 13.0. The van der Waals surface area contributed by atoms with Gasteiger partial charge in [-0.3, -0.25) is 0 Å². The van der Waals surface area contributed by atoms with E-state index in [0.717, 1.165) is 0 Å². The fourth-order valence-corrected chi connectivity index (χ4v) is 0. The first kappa shape index (κ1) is 238. The Morgan fingerprint density at radius 2 is 0.333 bits per heavy atom. The molecule has 4 radical (unpaired) electrons. The molecule has 0 aliphatic carbocycles. The Morgan fingerprint density at radius 3 is 0.333 bits per heavy atom. The summed E-state index contributed by atoms with van der Waals surface area (Å²) in [5, 5.41) is 0. The molecule has 14 N–H and O–H groups in total. The zero-order valence-electron chi connectivity index (χ0n) is 4.91. The Kier molecular flexibility index (Phi) is 3840. The fraction of sp³-hybridized carbons (Fsp3) is 0. The van der Waals surface area contributed by atoms with Crippen molar-refractivity contribution in [3.63, 3.8) is 0 Å². The monoisotopic (exact) mass is 632 g/mol. The molecular formula is H26In2MgO7Sn2. The van der Waals surface area contributed by atoms with E-state index in [-0.39, 0.29) is 161 Å². The second-order valence-corrected chi connectivity index (χ2v) is 0. The number of hydrogen-bond donors (Lipinski definition) is 0. The van der Waals surface area contributed by atoms with Gasteiger partial charge in [-0.1, -0.05) is 0 Å². The van der Waals surface area contributed by atoms with E-state index < -0.39 is 0 Å². The Bertz CT molecular complexity index is 19.4. The molecule has 0 aromatic rings. The van der Waals surface area contributed by atoms with E-state index >= 15 is 0 Å². The molecule has 12 heavy (non-hydrogen) atoms. The van der Waals surface area contributed by atoms with Crippen molar-refractivity contribution in [2.45, 2.75) is 0 Å². The van der Waals surface area contributed by atoms with Gasteiger partial charge in [0, 0.05) is 0 Å². The summed E-state index contributed by atoms with van der Waals surface area (Å²) in [6.45, 7) is 0. The fourth-order valence-electron chi connectivity index (χ4n) is 0. The first-order chi connectivity index (χ1) is 0. The van der Waals surface area contributed by atoms with Gasteiger partial charge in [0.25, 0.3) is 0 Å². The van der Waals surface area contributed by atoms with Gasteiger partial charge in [-0.05, 0) is 0 Å². The quantitative estimate of drug-likeness (QED) is 0.228. The maximum atomic E-state index is 0. The van der Waals surface area contributed by atoms with E-state index in [4.69, 9.17) is 0 Å². The molecule has 0 heterocycles. The van der Waals surface area contributed by atoms with Crippen LogP contribution in [0.1, 0.15) is 0 Å². The van der Waals surface area contributed by atoms with Crippen molar-refractivity contribution >= 4 is 123 Å². The van der Waals surface area contributed by atoms with Gasteiger partial charge in [-0.2, -0.15) is 0 Å². The molecule has 0 rings (SSSR count). The molecule has 0 aliphatic rings. The Hall–Kier alpha value is 3.82. The van der Waals surface area contributed by atoms with Crippen molar-refractivity contribution in [1.29, 1.82) is 0 Å². The molecule has 12 heteroatoms. The van der Waals surface area contributed by atoms with Crippen LogP contribution in [0.4, 0.5) is 0 Å². The topological polar surface area (TPSA) is 220 Å². The second kappa shape index (κ2) is 194. The summed E-state index contributed by atoms with van der Waals surface area (Å²) >= 11 is 0. The standard InChI is InChI=1S/2In.Mg.7H2O.2Sn.12H/h;;;7*1H2;;;;;;;;;;;;;;. The zero-order chi connectivity index (χ0) is 0. The van der Waals surface area contributed by atoms with Crippen LogP contribution in [0.2, 0.25) is 0 Å². The molecule has 7 nitrogen and oxygen atoms in total. The molecule has 0 saturated heterocycles. The van der Waals surface area contributed by atoms with Gasteiger partial charge >= 0.3 is 123 Å². The van der Waals surface area contributed by atoms with Crippen LogP contribution >= 0.6 is 0 Å². The summed E-state index contributed by atoms with van der Waals surface area (Å²) in [5.74, 6) is 0. The van der Waals surface area contributed by atoms with Crippen LogP contribution in [0.3, 0.4) is 0 Å². The van der Waals surface area contributed by atoms with Crippen LogP contribution < -0.4 is 0 Å². The van der Waals surface area contributed by atoms with Gasteiger partial charge in [-0.15, -0.1) is 0 Å². The third-order valence-electron chi connectivity index (χ3n) is 0. The van der Waals surface area contributed by atoms with Crippen LogP contribution in [0.5, 0.6) is 0 Å². The first-order valence-corrected chi connectivity index (χ1v) is 0. The second-order valence-electron chi connectivity index (χ2n) is 0. The summed E-state index contributed by atoms with van der Waals surface area (Å²) in [6.07, 6.45) is 0. The molecule has 0 unspecified atom stereocenters. The summed E-state index contributed by atoms with van der Waals surface area (Å²) in [7, 11) is 0. The van der Waals surface area contributed by atoms with Crippen LogP contribution in [0.15, 0.2) is 0 Å². The molecule has 0 bridgehead atoms. The van der Waals surface area contributed by atoms with Crippen molar-refractivity contribution in [3.8, 4) is 0 Å². The molecule has 0 fully saturated rings. The van der Waals surface area contributed by atoms with Gasteiger partial charge in [0.15, 0.2) is 0 Å². The molecular weight excluding hydrogens is 603 g/mol. The van der Waals surface area contributed by atoms with E-state index in [1.165, 1.54) is 0 Å². The Morgan fingerprint density at radius 1 is 0.333 bits per heavy atom. The van der Waals surface area contributed by atoms with Gasteiger partial charge in [-0.25, -0.2) is 0 Å². The minimum absolute atomic E-state index is 0. The molecule has 0 aliphatic heterocycles. The van der Waals surface area contributed by atoms with Crippen LogP contribution in [0.25, 0.3) is 0 Å². The molecule has 84 valence electrons. The Balaban J connectivity index is 0. The first-order valence-electron chi connectivity index (χ1n) is 0. The maximum absolute atomic E-state index is 0. The van der Waals surface area contributed by atoms with Gasteiger partial charge in [0.2, 0.25) is 0 Å². The third kappa shape index (κ3) is 155. The van der Waals surface area contributed by atoms with Crippen molar-refractivity contribution in [2.75, 3.05) is 0 Å². The van der Waals surface area contributed by atoms with E-state index in [1.54, 1.807) is 0 Å². The summed E-state index contributed by atoms with van der Waals surface area (Å²) in [5.41, 5.74) is 0. The summed E-state index contributed by atoms with van der Waals surface area (Å²) in [4.78, 5) is 0. The predicted molar refractivity (Wildman–Crippen MR) is 70.8 cm³/mol. The summed E-state index contributed by atoms with van der Waals surface area (Å²) in [6, 6.07) is 0. The summed E-state index contributed by atoms with van der Waals surface area (Å²) < 4.78 is 0. The molecule has 0 aromatic heterocycles. The van der Waals surface area contributed by atoms with Crippen molar-refractivity contribution in [3.05, 3.63) is 0 Å². The third-order valence-corrected chi connectivity index (χ3v) is 0. The number of rotatable bonds is 0. The molecule has 0 saturated carbocycles. The average Bonchev–Trinajstić information content (AvgIpc) is 0. The van der Waals surface area contributed by atoms with E-state index in [9.17, 15) is 0 Å². The van der Waals surface area contributed by atoms with Gasteiger partial charge in [0.1, 0.15) is 0 Å². The van der Waals surface area contributed by atoms with Crippen molar-refractivity contribution < 1.29 is 38.3 Å².